The Hall–Kier alpha value is -2.60. The molecule has 3 aromatic rings. The Balaban J connectivity index is 1.50. The molecule has 1 amide bonds. The van der Waals surface area contributed by atoms with Gasteiger partial charge >= 0.3 is 5.97 Å². The number of hydrogen-bond acceptors (Lipinski definition) is 7. The minimum atomic E-state index is -3.85. The van der Waals surface area contributed by atoms with E-state index >= 15 is 0 Å². The van der Waals surface area contributed by atoms with Gasteiger partial charge in [0.15, 0.2) is 11.7 Å². The van der Waals surface area contributed by atoms with Gasteiger partial charge in [0, 0.05) is 6.54 Å². The second-order valence-electron chi connectivity index (χ2n) is 7.78. The number of aromatic nitrogens is 1. The van der Waals surface area contributed by atoms with E-state index in [0.717, 1.165) is 20.5 Å². The van der Waals surface area contributed by atoms with Crippen LogP contribution in [-0.2, 0) is 30.8 Å². The molecule has 178 valence electrons. The van der Waals surface area contributed by atoms with Gasteiger partial charge in [-0.05, 0) is 52.5 Å². The Morgan fingerprint density at radius 2 is 1.94 bits per heavy atom. The number of amides is 1. The van der Waals surface area contributed by atoms with E-state index in [1.165, 1.54) is 15.6 Å². The number of hydrogen-bond donors (Lipinski definition) is 1. The standard InChI is InChI=1S/C23H22BrN3O5S2/c1-15-6-8-17(9-7-15)34(30,31)27-11-10-16-4-2-3-5-18(16)19(27)12-22(29)32-14-21(28)26-23-25-13-20(24)33-23/h2-9,13,19H,10-12,14H2,1H3,(H,25,26,28). The number of benzene rings is 2. The predicted octanol–water partition coefficient (Wildman–Crippen LogP) is 4.07. The molecular weight excluding hydrogens is 542 g/mol. The lowest BCUT2D eigenvalue weighted by Crippen LogP contribution is -2.41. The first kappa shape index (κ1) is 24.5. The van der Waals surface area contributed by atoms with E-state index in [9.17, 15) is 18.0 Å². The summed E-state index contributed by atoms with van der Waals surface area (Å²) in [5.41, 5.74) is 2.70. The van der Waals surface area contributed by atoms with Crippen molar-refractivity contribution in [2.45, 2.75) is 30.7 Å². The molecule has 0 saturated carbocycles. The molecule has 1 unspecified atom stereocenters. The highest BCUT2D eigenvalue weighted by molar-refractivity contribution is 9.11. The van der Waals surface area contributed by atoms with Gasteiger partial charge in [0.2, 0.25) is 10.0 Å². The maximum atomic E-state index is 13.5. The van der Waals surface area contributed by atoms with Gasteiger partial charge in [-0.15, -0.1) is 0 Å². The molecule has 2 aromatic carbocycles. The summed E-state index contributed by atoms with van der Waals surface area (Å²) in [6.07, 6.45) is 1.88. The van der Waals surface area contributed by atoms with Crippen LogP contribution in [-0.4, -0.2) is 42.7 Å². The van der Waals surface area contributed by atoms with E-state index in [2.05, 4.69) is 26.2 Å². The summed E-state index contributed by atoms with van der Waals surface area (Å²) in [5, 5.41) is 2.93. The summed E-state index contributed by atoms with van der Waals surface area (Å²) in [5.74, 6) is -1.19. The average molecular weight is 564 g/mol. The Kier molecular flexibility index (Phi) is 7.46. The summed E-state index contributed by atoms with van der Waals surface area (Å²) in [7, 11) is -3.85. The van der Waals surface area contributed by atoms with Gasteiger partial charge in [-0.3, -0.25) is 14.9 Å². The third-order valence-corrected chi connectivity index (χ3v) is 8.75. The molecule has 11 heteroatoms. The normalized spacial score (nSPS) is 16.0. The smallest absolute Gasteiger partial charge is 0.308 e. The number of carbonyl (C=O) groups excluding carboxylic acids is 2. The van der Waals surface area contributed by atoms with Crippen LogP contribution in [0.2, 0.25) is 0 Å². The highest BCUT2D eigenvalue weighted by Crippen LogP contribution is 2.36. The van der Waals surface area contributed by atoms with Crippen LogP contribution >= 0.6 is 27.3 Å². The van der Waals surface area contributed by atoms with Crippen molar-refractivity contribution in [1.82, 2.24) is 9.29 Å². The van der Waals surface area contributed by atoms with Gasteiger partial charge in [0.05, 0.1) is 27.3 Å². The van der Waals surface area contributed by atoms with Gasteiger partial charge in [0.1, 0.15) is 0 Å². The van der Waals surface area contributed by atoms with Gasteiger partial charge in [-0.1, -0.05) is 53.3 Å². The molecule has 0 bridgehead atoms. The SMILES string of the molecule is Cc1ccc(S(=O)(=O)N2CCc3ccccc3C2CC(=O)OCC(=O)Nc2ncc(Br)s2)cc1. The monoisotopic (exact) mass is 563 g/mol. The molecule has 0 saturated heterocycles. The summed E-state index contributed by atoms with van der Waals surface area (Å²) >= 11 is 4.49. The average Bonchev–Trinajstić information content (AvgIpc) is 3.22. The number of fused-ring (bicyclic) bond motifs is 1. The second-order valence-corrected chi connectivity index (χ2v) is 12.1. The molecule has 4 rings (SSSR count). The van der Waals surface area contributed by atoms with E-state index < -0.39 is 34.5 Å². The van der Waals surface area contributed by atoms with Gasteiger partial charge in [-0.25, -0.2) is 13.4 Å². The Morgan fingerprint density at radius 1 is 1.21 bits per heavy atom. The third kappa shape index (κ3) is 5.54. The molecule has 0 spiro atoms. The van der Waals surface area contributed by atoms with Crippen LogP contribution in [0.15, 0.2) is 63.4 Å². The van der Waals surface area contributed by atoms with Gasteiger partial charge in [-0.2, -0.15) is 4.31 Å². The zero-order valence-electron chi connectivity index (χ0n) is 18.2. The van der Waals surface area contributed by atoms with E-state index in [4.69, 9.17) is 4.74 Å². The molecule has 34 heavy (non-hydrogen) atoms. The maximum Gasteiger partial charge on any atom is 0.308 e. The van der Waals surface area contributed by atoms with Crippen molar-refractivity contribution < 1.29 is 22.7 Å². The highest BCUT2D eigenvalue weighted by Gasteiger charge is 2.37. The first-order valence-corrected chi connectivity index (χ1v) is 13.5. The zero-order chi connectivity index (χ0) is 24.3. The fourth-order valence-electron chi connectivity index (χ4n) is 3.80. The molecule has 0 radical (unpaired) electrons. The number of ether oxygens (including phenoxy) is 1. The summed E-state index contributed by atoms with van der Waals surface area (Å²) in [6.45, 7) is 1.63. The molecular formula is C23H22BrN3O5S2. The number of nitrogens with zero attached hydrogens (tertiary/aromatic N) is 2. The summed E-state index contributed by atoms with van der Waals surface area (Å²) < 4.78 is 34.2. The fourth-order valence-corrected chi connectivity index (χ4v) is 6.53. The number of halogens is 1. The molecule has 1 N–H and O–H groups in total. The lowest BCUT2D eigenvalue weighted by Gasteiger charge is -2.36. The van der Waals surface area contributed by atoms with E-state index in [1.807, 2.05) is 31.2 Å². The van der Waals surface area contributed by atoms with Crippen molar-refractivity contribution in [2.75, 3.05) is 18.5 Å². The van der Waals surface area contributed by atoms with Crippen LogP contribution in [0, 0.1) is 6.92 Å². The lowest BCUT2D eigenvalue weighted by molar-refractivity contribution is -0.148. The first-order chi connectivity index (χ1) is 16.2. The Labute approximate surface area is 210 Å². The predicted molar refractivity (Wildman–Crippen MR) is 132 cm³/mol. The van der Waals surface area contributed by atoms with Crippen LogP contribution < -0.4 is 5.32 Å². The molecule has 2 heterocycles. The lowest BCUT2D eigenvalue weighted by atomic mass is 9.92. The van der Waals surface area contributed by atoms with E-state index in [1.54, 1.807) is 30.5 Å². The molecule has 0 aliphatic carbocycles. The number of aryl methyl sites for hydroxylation is 1. The minimum absolute atomic E-state index is 0.171. The highest BCUT2D eigenvalue weighted by atomic mass is 79.9. The van der Waals surface area contributed by atoms with Crippen molar-refractivity contribution in [3.63, 3.8) is 0 Å². The van der Waals surface area contributed by atoms with Gasteiger partial charge in [0.25, 0.3) is 5.91 Å². The Morgan fingerprint density at radius 3 is 2.65 bits per heavy atom. The third-order valence-electron chi connectivity index (χ3n) is 5.44. The number of rotatable bonds is 7. The molecule has 8 nitrogen and oxygen atoms in total. The van der Waals surface area contributed by atoms with E-state index in [-0.39, 0.29) is 17.9 Å². The molecule has 0 fully saturated rings. The number of nitrogens with one attached hydrogen (secondary N) is 1. The zero-order valence-corrected chi connectivity index (χ0v) is 21.5. The fraction of sp³-hybridized carbons (Fsp3) is 0.261. The van der Waals surface area contributed by atoms with Crippen LogP contribution in [0.5, 0.6) is 0 Å². The minimum Gasteiger partial charge on any atom is -0.456 e. The molecule has 1 aliphatic heterocycles. The first-order valence-electron chi connectivity index (χ1n) is 10.5. The van der Waals surface area contributed by atoms with Crippen molar-refractivity contribution in [3.8, 4) is 0 Å². The topological polar surface area (TPSA) is 106 Å². The van der Waals surface area contributed by atoms with Crippen molar-refractivity contribution >= 4 is 54.3 Å². The summed E-state index contributed by atoms with van der Waals surface area (Å²) in [6, 6.07) is 13.4. The van der Waals surface area contributed by atoms with Crippen molar-refractivity contribution in [3.05, 3.63) is 75.2 Å². The van der Waals surface area contributed by atoms with Crippen LogP contribution in [0.3, 0.4) is 0 Å². The van der Waals surface area contributed by atoms with Crippen LogP contribution in [0.4, 0.5) is 5.13 Å². The van der Waals surface area contributed by atoms with Gasteiger partial charge < -0.3 is 4.74 Å². The molecule has 1 aliphatic rings. The summed E-state index contributed by atoms with van der Waals surface area (Å²) in [4.78, 5) is 29.0. The van der Waals surface area contributed by atoms with E-state index in [0.29, 0.717) is 11.6 Å². The molecule has 1 aromatic heterocycles. The Bertz CT molecular complexity index is 1310. The quantitative estimate of drug-likeness (QED) is 0.434. The van der Waals surface area contributed by atoms with Crippen molar-refractivity contribution in [2.24, 2.45) is 0 Å². The maximum absolute atomic E-state index is 13.5. The second kappa shape index (κ2) is 10.3. The van der Waals surface area contributed by atoms with Crippen LogP contribution in [0.1, 0.15) is 29.2 Å². The number of anilines is 1. The molecule has 1 atom stereocenters. The van der Waals surface area contributed by atoms with Crippen LogP contribution in [0.25, 0.3) is 0 Å². The largest absolute Gasteiger partial charge is 0.456 e. The number of esters is 1. The van der Waals surface area contributed by atoms with Crippen molar-refractivity contribution in [1.29, 1.82) is 0 Å². The number of thiazole rings is 1. The number of carbonyl (C=O) groups is 2. The number of sulfonamides is 1.